The Hall–Kier alpha value is -4.26. The van der Waals surface area contributed by atoms with Gasteiger partial charge in [-0.05, 0) is 61.0 Å². The number of hydrogen-bond acceptors (Lipinski definition) is 6. The van der Waals surface area contributed by atoms with E-state index in [-0.39, 0.29) is 16.7 Å². The number of anilines is 1. The number of carbonyl (C=O) groups excluding carboxylic acids is 4. The average Bonchev–Trinajstić information content (AvgIpc) is 3.07. The van der Waals surface area contributed by atoms with Crippen LogP contribution >= 0.6 is 0 Å². The SMILES string of the molecule is CCCOC(=O)c1ccc(N2C(=O)c3ccc(C(=O)Oc4ccccc4)cc3C2=O)cc1. The summed E-state index contributed by atoms with van der Waals surface area (Å²) in [6.07, 6.45) is 0.708. The van der Waals surface area contributed by atoms with Crippen molar-refractivity contribution in [2.75, 3.05) is 11.5 Å². The molecule has 0 spiro atoms. The van der Waals surface area contributed by atoms with Crippen molar-refractivity contribution in [1.29, 1.82) is 0 Å². The number of ether oxygens (including phenoxy) is 2. The Kier molecular flexibility index (Phi) is 5.81. The predicted molar refractivity (Wildman–Crippen MR) is 116 cm³/mol. The smallest absolute Gasteiger partial charge is 0.343 e. The first-order valence-electron chi connectivity index (χ1n) is 10.1. The highest BCUT2D eigenvalue weighted by atomic mass is 16.5. The van der Waals surface area contributed by atoms with Crippen molar-refractivity contribution in [3.63, 3.8) is 0 Å². The van der Waals surface area contributed by atoms with Crippen molar-refractivity contribution < 1.29 is 28.7 Å². The van der Waals surface area contributed by atoms with E-state index in [0.29, 0.717) is 30.0 Å². The second-order valence-electron chi connectivity index (χ2n) is 7.09. The van der Waals surface area contributed by atoms with Crippen LogP contribution in [0.3, 0.4) is 0 Å². The molecule has 0 saturated carbocycles. The van der Waals surface area contributed by atoms with Gasteiger partial charge in [0, 0.05) is 0 Å². The zero-order valence-corrected chi connectivity index (χ0v) is 17.2. The Balaban J connectivity index is 1.55. The molecule has 0 aliphatic carbocycles. The normalized spacial score (nSPS) is 12.5. The molecule has 1 heterocycles. The summed E-state index contributed by atoms with van der Waals surface area (Å²) in [5.41, 5.74) is 1.10. The van der Waals surface area contributed by atoms with E-state index in [1.165, 1.54) is 42.5 Å². The Morgan fingerprint density at radius 3 is 2.12 bits per heavy atom. The molecule has 1 aliphatic rings. The molecule has 0 N–H and O–H groups in total. The fourth-order valence-electron chi connectivity index (χ4n) is 3.28. The van der Waals surface area contributed by atoms with Crippen molar-refractivity contribution >= 4 is 29.4 Å². The molecule has 0 bridgehead atoms. The zero-order valence-electron chi connectivity index (χ0n) is 17.2. The van der Waals surface area contributed by atoms with Crippen LogP contribution in [0.2, 0.25) is 0 Å². The number of para-hydroxylation sites is 1. The standard InChI is InChI=1S/C25H19NO6/c1-2-14-31-24(29)16-8-11-18(12-9-16)26-22(27)20-13-10-17(15-21(20)23(26)28)25(30)32-19-6-4-3-5-7-19/h3-13,15H,2,14H2,1H3. The minimum absolute atomic E-state index is 0.115. The number of esters is 2. The van der Waals surface area contributed by atoms with Crippen molar-refractivity contribution in [3.05, 3.63) is 95.1 Å². The highest BCUT2D eigenvalue weighted by Crippen LogP contribution is 2.29. The molecule has 4 rings (SSSR count). The van der Waals surface area contributed by atoms with Gasteiger partial charge in [-0.1, -0.05) is 25.1 Å². The van der Waals surface area contributed by atoms with Gasteiger partial charge in [0.1, 0.15) is 5.75 Å². The summed E-state index contributed by atoms with van der Waals surface area (Å²) in [5.74, 6) is -1.79. The van der Waals surface area contributed by atoms with Crippen LogP contribution in [0, 0.1) is 0 Å². The topological polar surface area (TPSA) is 90.0 Å². The average molecular weight is 429 g/mol. The summed E-state index contributed by atoms with van der Waals surface area (Å²) < 4.78 is 10.4. The summed E-state index contributed by atoms with van der Waals surface area (Å²) in [6, 6.07) is 18.8. The first kappa shape index (κ1) is 21.0. The number of rotatable bonds is 6. The molecular formula is C25H19NO6. The number of benzene rings is 3. The van der Waals surface area contributed by atoms with Crippen molar-refractivity contribution in [2.24, 2.45) is 0 Å². The van der Waals surface area contributed by atoms with Gasteiger partial charge >= 0.3 is 11.9 Å². The second-order valence-corrected chi connectivity index (χ2v) is 7.09. The number of nitrogens with zero attached hydrogens (tertiary/aromatic N) is 1. The minimum Gasteiger partial charge on any atom is -0.462 e. The molecular weight excluding hydrogens is 410 g/mol. The maximum Gasteiger partial charge on any atom is 0.343 e. The lowest BCUT2D eigenvalue weighted by atomic mass is 10.1. The van der Waals surface area contributed by atoms with Gasteiger partial charge in [-0.3, -0.25) is 9.59 Å². The highest BCUT2D eigenvalue weighted by molar-refractivity contribution is 6.34. The molecule has 0 unspecified atom stereocenters. The van der Waals surface area contributed by atoms with Crippen LogP contribution in [-0.4, -0.2) is 30.4 Å². The number of amides is 2. The maximum atomic E-state index is 13.0. The number of carbonyl (C=O) groups is 4. The van der Waals surface area contributed by atoms with E-state index in [2.05, 4.69) is 0 Å². The van der Waals surface area contributed by atoms with Crippen LogP contribution in [0.25, 0.3) is 0 Å². The lowest BCUT2D eigenvalue weighted by Crippen LogP contribution is -2.29. The van der Waals surface area contributed by atoms with Gasteiger partial charge in [-0.15, -0.1) is 0 Å². The molecule has 3 aromatic rings. The molecule has 0 aromatic heterocycles. The van der Waals surface area contributed by atoms with Crippen LogP contribution in [0.5, 0.6) is 5.75 Å². The van der Waals surface area contributed by atoms with E-state index >= 15 is 0 Å². The van der Waals surface area contributed by atoms with Gasteiger partial charge in [0.15, 0.2) is 0 Å². The minimum atomic E-state index is -0.632. The van der Waals surface area contributed by atoms with Crippen LogP contribution in [0.4, 0.5) is 5.69 Å². The monoisotopic (exact) mass is 429 g/mol. The Morgan fingerprint density at radius 2 is 1.44 bits per heavy atom. The summed E-state index contributed by atoms with van der Waals surface area (Å²) in [7, 11) is 0. The molecule has 160 valence electrons. The quantitative estimate of drug-likeness (QED) is 0.330. The lowest BCUT2D eigenvalue weighted by Gasteiger charge is -2.14. The molecule has 0 atom stereocenters. The van der Waals surface area contributed by atoms with Crippen molar-refractivity contribution in [1.82, 2.24) is 0 Å². The zero-order chi connectivity index (χ0) is 22.7. The fourth-order valence-corrected chi connectivity index (χ4v) is 3.28. The number of imide groups is 1. The summed E-state index contributed by atoms with van der Waals surface area (Å²) in [4.78, 5) is 51.2. The highest BCUT2D eigenvalue weighted by Gasteiger charge is 2.37. The fraction of sp³-hybridized carbons (Fsp3) is 0.120. The molecule has 2 amide bonds. The third kappa shape index (κ3) is 4.00. The van der Waals surface area contributed by atoms with Crippen molar-refractivity contribution in [2.45, 2.75) is 13.3 Å². The van der Waals surface area contributed by atoms with Crippen LogP contribution < -0.4 is 9.64 Å². The van der Waals surface area contributed by atoms with Gasteiger partial charge in [-0.25, -0.2) is 14.5 Å². The first-order valence-corrected chi connectivity index (χ1v) is 10.1. The maximum absolute atomic E-state index is 13.0. The molecule has 7 heteroatoms. The van der Waals surface area contributed by atoms with E-state index in [1.54, 1.807) is 30.3 Å². The molecule has 0 radical (unpaired) electrons. The molecule has 0 saturated heterocycles. The van der Waals surface area contributed by atoms with Gasteiger partial charge < -0.3 is 9.47 Å². The Labute approximate surface area is 184 Å². The van der Waals surface area contributed by atoms with E-state index in [4.69, 9.17) is 9.47 Å². The summed E-state index contributed by atoms with van der Waals surface area (Å²) in [5, 5.41) is 0. The lowest BCUT2D eigenvalue weighted by molar-refractivity contribution is 0.0504. The first-order chi connectivity index (χ1) is 15.5. The number of fused-ring (bicyclic) bond motifs is 1. The summed E-state index contributed by atoms with van der Waals surface area (Å²) in [6.45, 7) is 2.21. The largest absolute Gasteiger partial charge is 0.462 e. The van der Waals surface area contributed by atoms with E-state index in [0.717, 1.165) is 4.90 Å². The molecule has 7 nitrogen and oxygen atoms in total. The Bertz CT molecular complexity index is 1200. The van der Waals surface area contributed by atoms with E-state index < -0.39 is 23.8 Å². The van der Waals surface area contributed by atoms with Gasteiger partial charge in [0.25, 0.3) is 11.8 Å². The van der Waals surface area contributed by atoms with Crippen LogP contribution in [0.15, 0.2) is 72.8 Å². The molecule has 0 fully saturated rings. The predicted octanol–water partition coefficient (Wildman–Crippen LogP) is 4.27. The van der Waals surface area contributed by atoms with Crippen molar-refractivity contribution in [3.8, 4) is 5.75 Å². The number of hydrogen-bond donors (Lipinski definition) is 0. The van der Waals surface area contributed by atoms with Crippen LogP contribution in [-0.2, 0) is 4.74 Å². The molecule has 3 aromatic carbocycles. The third-order valence-corrected chi connectivity index (χ3v) is 4.87. The third-order valence-electron chi connectivity index (χ3n) is 4.87. The van der Waals surface area contributed by atoms with E-state index in [1.807, 2.05) is 6.92 Å². The van der Waals surface area contributed by atoms with Gasteiger partial charge in [0.2, 0.25) is 0 Å². The van der Waals surface area contributed by atoms with Crippen LogP contribution in [0.1, 0.15) is 54.8 Å². The second kappa shape index (κ2) is 8.85. The Morgan fingerprint density at radius 1 is 0.781 bits per heavy atom. The van der Waals surface area contributed by atoms with E-state index in [9.17, 15) is 19.2 Å². The molecule has 1 aliphatic heterocycles. The molecule has 32 heavy (non-hydrogen) atoms. The van der Waals surface area contributed by atoms with Gasteiger partial charge in [0.05, 0.1) is 34.5 Å². The summed E-state index contributed by atoms with van der Waals surface area (Å²) >= 11 is 0. The van der Waals surface area contributed by atoms with Gasteiger partial charge in [-0.2, -0.15) is 0 Å².